The molecule has 2 aromatic rings. The van der Waals surface area contributed by atoms with Crippen LogP contribution in [-0.4, -0.2) is 55.8 Å². The van der Waals surface area contributed by atoms with Crippen molar-refractivity contribution < 1.29 is 19.1 Å². The van der Waals surface area contributed by atoms with Crippen molar-refractivity contribution in [2.24, 2.45) is 16.8 Å². The van der Waals surface area contributed by atoms with Gasteiger partial charge in [-0.05, 0) is 42.2 Å². The Kier molecular flexibility index (Phi) is 5.79. The highest BCUT2D eigenvalue weighted by molar-refractivity contribution is 6.40. The average Bonchev–Trinajstić information content (AvgIpc) is 3.22. The van der Waals surface area contributed by atoms with E-state index >= 15 is 0 Å². The number of carbonyl (C=O) groups is 2. The molecule has 2 aliphatic heterocycles. The van der Waals surface area contributed by atoms with Gasteiger partial charge in [0.05, 0.1) is 19.9 Å². The van der Waals surface area contributed by atoms with Gasteiger partial charge in [0.1, 0.15) is 23.3 Å². The van der Waals surface area contributed by atoms with Crippen molar-refractivity contribution in [3.8, 4) is 11.5 Å². The van der Waals surface area contributed by atoms with E-state index in [0.29, 0.717) is 24.7 Å². The Morgan fingerprint density at radius 2 is 1.71 bits per heavy atom. The van der Waals surface area contributed by atoms with Crippen molar-refractivity contribution in [1.29, 1.82) is 0 Å². The number of anilines is 1. The molecule has 2 aliphatic rings. The molecule has 162 valence electrons. The van der Waals surface area contributed by atoms with Crippen LogP contribution < -0.4 is 20.2 Å². The van der Waals surface area contributed by atoms with E-state index in [9.17, 15) is 9.59 Å². The lowest BCUT2D eigenvalue weighted by molar-refractivity contribution is -0.130. The number of amides is 2. The minimum Gasteiger partial charge on any atom is -0.497 e. The van der Waals surface area contributed by atoms with Crippen LogP contribution in [0.1, 0.15) is 12.0 Å². The molecule has 1 saturated heterocycles. The first kappa shape index (κ1) is 20.7. The fourth-order valence-electron chi connectivity index (χ4n) is 4.04. The van der Waals surface area contributed by atoms with E-state index in [1.165, 1.54) is 0 Å². The molecule has 0 aromatic heterocycles. The zero-order chi connectivity index (χ0) is 22.0. The number of primary amides is 1. The van der Waals surface area contributed by atoms with Gasteiger partial charge in [-0.2, -0.15) is 5.10 Å². The van der Waals surface area contributed by atoms with Crippen LogP contribution in [0, 0.1) is 5.92 Å². The number of likely N-dealkylation sites (tertiary alicyclic amines) is 1. The number of rotatable bonds is 7. The predicted octanol–water partition coefficient (Wildman–Crippen LogP) is 1.82. The van der Waals surface area contributed by atoms with Crippen LogP contribution in [0.4, 0.5) is 5.69 Å². The monoisotopic (exact) mass is 422 g/mol. The molecule has 2 aromatic carbocycles. The van der Waals surface area contributed by atoms with E-state index in [-0.39, 0.29) is 12.3 Å². The van der Waals surface area contributed by atoms with Gasteiger partial charge in [-0.15, -0.1) is 0 Å². The van der Waals surface area contributed by atoms with E-state index in [2.05, 4.69) is 5.10 Å². The smallest absolute Gasteiger partial charge is 0.270 e. The van der Waals surface area contributed by atoms with E-state index < -0.39 is 11.9 Å². The SMILES string of the molecule is COc1cc(CC2CN(C(=O)C3=NN(c4ccccc4)C(C(N)=O)C3)C2)cc(OC)c1. The van der Waals surface area contributed by atoms with E-state index in [0.717, 1.165) is 29.2 Å². The molecule has 4 rings (SSSR count). The van der Waals surface area contributed by atoms with Gasteiger partial charge in [-0.1, -0.05) is 18.2 Å². The van der Waals surface area contributed by atoms with Gasteiger partial charge >= 0.3 is 0 Å². The van der Waals surface area contributed by atoms with Crippen molar-refractivity contribution in [1.82, 2.24) is 4.90 Å². The number of hydrogen-bond donors (Lipinski definition) is 1. The van der Waals surface area contributed by atoms with E-state index in [1.54, 1.807) is 24.1 Å². The Morgan fingerprint density at radius 3 is 2.29 bits per heavy atom. The molecule has 0 spiro atoms. The zero-order valence-electron chi connectivity index (χ0n) is 17.7. The maximum atomic E-state index is 12.9. The summed E-state index contributed by atoms with van der Waals surface area (Å²) in [6.45, 7) is 1.29. The Morgan fingerprint density at radius 1 is 1.06 bits per heavy atom. The predicted molar refractivity (Wildman–Crippen MR) is 117 cm³/mol. The molecule has 0 saturated carbocycles. The Hall–Kier alpha value is -3.55. The summed E-state index contributed by atoms with van der Waals surface area (Å²) in [6.07, 6.45) is 1.04. The molecule has 1 fully saturated rings. The minimum atomic E-state index is -0.650. The van der Waals surface area contributed by atoms with Gasteiger partial charge in [-0.3, -0.25) is 14.6 Å². The second-order valence-corrected chi connectivity index (χ2v) is 7.85. The number of hydrazone groups is 1. The molecule has 0 radical (unpaired) electrons. The molecule has 31 heavy (non-hydrogen) atoms. The molecule has 0 aliphatic carbocycles. The topological polar surface area (TPSA) is 97.5 Å². The molecular formula is C23H26N4O4. The van der Waals surface area contributed by atoms with Gasteiger partial charge in [0.2, 0.25) is 5.91 Å². The summed E-state index contributed by atoms with van der Waals surface area (Å²) in [5.74, 6) is 1.22. The summed E-state index contributed by atoms with van der Waals surface area (Å²) in [4.78, 5) is 26.6. The number of nitrogens with two attached hydrogens (primary N) is 1. The van der Waals surface area contributed by atoms with Crippen molar-refractivity contribution in [3.05, 3.63) is 54.1 Å². The molecule has 1 atom stereocenters. The lowest BCUT2D eigenvalue weighted by Gasteiger charge is -2.39. The normalized spacial score (nSPS) is 18.4. The van der Waals surface area contributed by atoms with Crippen LogP contribution in [-0.2, 0) is 16.0 Å². The number of ether oxygens (including phenoxy) is 2. The van der Waals surface area contributed by atoms with Gasteiger partial charge < -0.3 is 20.1 Å². The third-order valence-electron chi connectivity index (χ3n) is 5.69. The highest BCUT2D eigenvalue weighted by atomic mass is 16.5. The summed E-state index contributed by atoms with van der Waals surface area (Å²) in [6, 6.07) is 14.4. The molecular weight excluding hydrogens is 396 g/mol. The van der Waals surface area contributed by atoms with Crippen LogP contribution >= 0.6 is 0 Å². The van der Waals surface area contributed by atoms with Crippen molar-refractivity contribution in [2.45, 2.75) is 18.9 Å². The third-order valence-corrected chi connectivity index (χ3v) is 5.69. The quantitative estimate of drug-likeness (QED) is 0.734. The Labute approximate surface area is 181 Å². The molecule has 2 heterocycles. The molecule has 2 amide bonds. The number of benzene rings is 2. The Balaban J connectivity index is 1.40. The first-order chi connectivity index (χ1) is 15.0. The van der Waals surface area contributed by atoms with Crippen molar-refractivity contribution >= 4 is 23.2 Å². The lowest BCUT2D eigenvalue weighted by atomic mass is 9.91. The van der Waals surface area contributed by atoms with Gasteiger partial charge in [0.15, 0.2) is 0 Å². The minimum absolute atomic E-state index is 0.135. The van der Waals surface area contributed by atoms with E-state index in [1.807, 2.05) is 48.5 Å². The summed E-state index contributed by atoms with van der Waals surface area (Å²) in [7, 11) is 3.26. The lowest BCUT2D eigenvalue weighted by Crippen LogP contribution is -2.53. The molecule has 1 unspecified atom stereocenters. The van der Waals surface area contributed by atoms with Crippen molar-refractivity contribution in [2.75, 3.05) is 32.3 Å². The largest absolute Gasteiger partial charge is 0.497 e. The highest BCUT2D eigenvalue weighted by Crippen LogP contribution is 2.29. The highest BCUT2D eigenvalue weighted by Gasteiger charge is 2.39. The van der Waals surface area contributed by atoms with Crippen LogP contribution in [0.15, 0.2) is 53.6 Å². The maximum absolute atomic E-state index is 12.9. The second-order valence-electron chi connectivity index (χ2n) is 7.85. The van der Waals surface area contributed by atoms with Crippen molar-refractivity contribution in [3.63, 3.8) is 0 Å². The number of nitrogens with zero attached hydrogens (tertiary/aromatic N) is 3. The molecule has 8 nitrogen and oxygen atoms in total. The number of methoxy groups -OCH3 is 2. The molecule has 0 bridgehead atoms. The zero-order valence-corrected chi connectivity index (χ0v) is 17.7. The number of carbonyl (C=O) groups excluding carboxylic acids is 2. The molecule has 8 heteroatoms. The fourth-order valence-corrected chi connectivity index (χ4v) is 4.04. The summed E-state index contributed by atoms with van der Waals surface area (Å²) in [5.41, 5.74) is 7.78. The van der Waals surface area contributed by atoms with Crippen LogP contribution in [0.5, 0.6) is 11.5 Å². The summed E-state index contributed by atoms with van der Waals surface area (Å²) in [5, 5.41) is 5.99. The standard InChI is InChI=1S/C23H26N4O4/c1-30-18-9-15(10-19(11-18)31-2)8-16-13-26(14-16)23(29)20-12-21(22(24)28)27(25-20)17-6-4-3-5-7-17/h3-7,9-11,16,21H,8,12-14H2,1-2H3,(H2,24,28). The van der Waals surface area contributed by atoms with Gasteiger partial charge in [-0.25, -0.2) is 0 Å². The summed E-state index contributed by atoms with van der Waals surface area (Å²) >= 11 is 0. The first-order valence-electron chi connectivity index (χ1n) is 10.2. The van der Waals surface area contributed by atoms with Crippen LogP contribution in [0.3, 0.4) is 0 Å². The Bertz CT molecular complexity index is 980. The number of para-hydroxylation sites is 1. The van der Waals surface area contributed by atoms with Crippen LogP contribution in [0.2, 0.25) is 0 Å². The number of hydrogen-bond acceptors (Lipinski definition) is 6. The third kappa shape index (κ3) is 4.33. The first-order valence-corrected chi connectivity index (χ1v) is 10.2. The fraction of sp³-hybridized carbons (Fsp3) is 0.348. The van der Waals surface area contributed by atoms with Crippen LogP contribution in [0.25, 0.3) is 0 Å². The average molecular weight is 422 g/mol. The molecule has 2 N–H and O–H groups in total. The summed E-state index contributed by atoms with van der Waals surface area (Å²) < 4.78 is 10.7. The van der Waals surface area contributed by atoms with Gasteiger partial charge in [0, 0.05) is 25.6 Å². The van der Waals surface area contributed by atoms with Gasteiger partial charge in [0.25, 0.3) is 5.91 Å². The van der Waals surface area contributed by atoms with E-state index in [4.69, 9.17) is 15.2 Å². The maximum Gasteiger partial charge on any atom is 0.270 e. The second kappa shape index (κ2) is 8.67.